The second kappa shape index (κ2) is 6.30. The Morgan fingerprint density at radius 1 is 1.19 bits per heavy atom. The number of imidazole rings is 1. The van der Waals surface area contributed by atoms with E-state index < -0.39 is 5.82 Å². The van der Waals surface area contributed by atoms with Gasteiger partial charge in [0.25, 0.3) is 0 Å². The third kappa shape index (κ3) is 3.06. The second-order valence-electron chi connectivity index (χ2n) is 6.25. The average Bonchev–Trinajstić information content (AvgIpc) is 3.21. The summed E-state index contributed by atoms with van der Waals surface area (Å²) in [5.74, 6) is 1.63. The maximum atomic E-state index is 13.1. The van der Waals surface area contributed by atoms with E-state index in [0.717, 1.165) is 11.3 Å². The molecule has 1 aliphatic heterocycles. The van der Waals surface area contributed by atoms with E-state index in [4.69, 9.17) is 5.73 Å². The van der Waals surface area contributed by atoms with Crippen LogP contribution in [0, 0.1) is 5.82 Å². The Labute approximate surface area is 149 Å². The number of nitrogens with one attached hydrogen (secondary N) is 1. The topological polar surface area (TPSA) is 111 Å². The molecule has 0 aliphatic carbocycles. The molecule has 1 aliphatic rings. The smallest absolute Gasteiger partial charge is 0.222 e. The summed E-state index contributed by atoms with van der Waals surface area (Å²) in [4.78, 5) is 23.2. The van der Waals surface area contributed by atoms with E-state index in [-0.39, 0.29) is 12.0 Å². The van der Waals surface area contributed by atoms with Gasteiger partial charge in [0.15, 0.2) is 5.82 Å². The molecule has 1 unspecified atom stereocenters. The van der Waals surface area contributed by atoms with Gasteiger partial charge in [-0.25, -0.2) is 24.3 Å². The van der Waals surface area contributed by atoms with Crippen molar-refractivity contribution in [2.75, 3.05) is 11.1 Å². The van der Waals surface area contributed by atoms with E-state index in [1.54, 1.807) is 6.33 Å². The van der Waals surface area contributed by atoms with Gasteiger partial charge in [0, 0.05) is 31.9 Å². The highest BCUT2D eigenvalue weighted by Crippen LogP contribution is 2.33. The van der Waals surface area contributed by atoms with Crippen molar-refractivity contribution in [3.63, 3.8) is 0 Å². The highest BCUT2D eigenvalue weighted by atomic mass is 19.1. The van der Waals surface area contributed by atoms with Crippen molar-refractivity contribution in [2.24, 2.45) is 7.05 Å². The molecule has 0 fully saturated rings. The number of aryl methyl sites for hydroxylation is 1. The summed E-state index contributed by atoms with van der Waals surface area (Å²) < 4.78 is 14.9. The van der Waals surface area contributed by atoms with Crippen LogP contribution < -0.4 is 11.1 Å². The predicted molar refractivity (Wildman–Crippen MR) is 92.6 cm³/mol. The molecule has 4 heterocycles. The molecule has 26 heavy (non-hydrogen) atoms. The number of fused-ring (bicyclic) bond motifs is 1. The van der Waals surface area contributed by atoms with Gasteiger partial charge in [0.1, 0.15) is 17.5 Å². The molecule has 3 aromatic rings. The Kier molecular flexibility index (Phi) is 3.96. The lowest BCUT2D eigenvalue weighted by Gasteiger charge is -2.21. The molecule has 0 saturated heterocycles. The lowest BCUT2D eigenvalue weighted by atomic mass is 10.2. The first-order valence-electron chi connectivity index (χ1n) is 8.11. The third-order valence-electron chi connectivity index (χ3n) is 4.34. The zero-order valence-electron chi connectivity index (χ0n) is 14.4. The summed E-state index contributed by atoms with van der Waals surface area (Å²) in [5.41, 5.74) is 7.68. The molecule has 1 atom stereocenters. The molecule has 0 spiro atoms. The number of nitrogens with two attached hydrogens (primary N) is 1. The Morgan fingerprint density at radius 2 is 1.96 bits per heavy atom. The minimum atomic E-state index is -0.453. The lowest BCUT2D eigenvalue weighted by Crippen LogP contribution is -2.22. The first-order valence-corrected chi connectivity index (χ1v) is 8.11. The van der Waals surface area contributed by atoms with Crippen molar-refractivity contribution in [1.82, 2.24) is 34.4 Å². The SMILES string of the molecule is CC(c1ncc(F)cn1)N1Cc2nc(N)nc(Nc3cn(C)cn3)c2C1. The van der Waals surface area contributed by atoms with Gasteiger partial charge in [-0.15, -0.1) is 0 Å². The highest BCUT2D eigenvalue weighted by molar-refractivity contribution is 5.59. The van der Waals surface area contributed by atoms with Gasteiger partial charge < -0.3 is 15.6 Å². The molecule has 0 aromatic carbocycles. The first-order chi connectivity index (χ1) is 12.5. The van der Waals surface area contributed by atoms with Crippen LogP contribution in [0.5, 0.6) is 0 Å². The van der Waals surface area contributed by atoms with Crippen LogP contribution >= 0.6 is 0 Å². The quantitative estimate of drug-likeness (QED) is 0.725. The molecule has 0 saturated carbocycles. The van der Waals surface area contributed by atoms with Crippen LogP contribution in [-0.4, -0.2) is 34.4 Å². The van der Waals surface area contributed by atoms with Gasteiger partial charge in [-0.05, 0) is 6.92 Å². The normalized spacial score (nSPS) is 15.0. The van der Waals surface area contributed by atoms with Crippen LogP contribution in [0.25, 0.3) is 0 Å². The Balaban J connectivity index is 1.59. The number of hydrogen-bond donors (Lipinski definition) is 2. The Morgan fingerprint density at radius 3 is 2.65 bits per heavy atom. The van der Waals surface area contributed by atoms with Gasteiger partial charge in [0.2, 0.25) is 5.95 Å². The fourth-order valence-corrected chi connectivity index (χ4v) is 2.97. The highest BCUT2D eigenvalue weighted by Gasteiger charge is 2.30. The molecular formula is C16H18FN9. The second-order valence-corrected chi connectivity index (χ2v) is 6.25. The summed E-state index contributed by atoms with van der Waals surface area (Å²) in [6.07, 6.45) is 5.90. The van der Waals surface area contributed by atoms with Crippen molar-refractivity contribution in [3.05, 3.63) is 47.8 Å². The zero-order chi connectivity index (χ0) is 18.3. The van der Waals surface area contributed by atoms with Crippen LogP contribution in [0.2, 0.25) is 0 Å². The fraction of sp³-hybridized carbons (Fsp3) is 0.312. The standard InChI is InChI=1S/C16H18FN9/c1-9(14-19-3-10(17)4-20-14)26-5-11-12(6-26)22-16(18)24-15(11)23-13-7-25(2)8-21-13/h3-4,7-9H,5-6H2,1-2H3,(H3,18,22,23,24). The summed E-state index contributed by atoms with van der Waals surface area (Å²) in [6, 6.07) is -0.103. The van der Waals surface area contributed by atoms with E-state index in [9.17, 15) is 4.39 Å². The average molecular weight is 355 g/mol. The number of aromatic nitrogens is 6. The number of anilines is 3. The van der Waals surface area contributed by atoms with Gasteiger partial charge in [-0.1, -0.05) is 0 Å². The molecule has 10 heteroatoms. The Bertz CT molecular complexity index is 937. The van der Waals surface area contributed by atoms with E-state index >= 15 is 0 Å². The van der Waals surface area contributed by atoms with Crippen LogP contribution in [0.4, 0.5) is 22.0 Å². The number of halogens is 1. The first kappa shape index (κ1) is 16.3. The molecule has 3 N–H and O–H groups in total. The van der Waals surface area contributed by atoms with Crippen molar-refractivity contribution in [1.29, 1.82) is 0 Å². The van der Waals surface area contributed by atoms with Crippen LogP contribution in [0.3, 0.4) is 0 Å². The van der Waals surface area contributed by atoms with Gasteiger partial charge in [0.05, 0.1) is 30.5 Å². The maximum absolute atomic E-state index is 13.1. The van der Waals surface area contributed by atoms with Crippen molar-refractivity contribution < 1.29 is 4.39 Å². The van der Waals surface area contributed by atoms with E-state index in [0.29, 0.717) is 30.5 Å². The lowest BCUT2D eigenvalue weighted by molar-refractivity contribution is 0.205. The van der Waals surface area contributed by atoms with E-state index in [1.807, 2.05) is 24.7 Å². The predicted octanol–water partition coefficient (Wildman–Crippen LogP) is 1.54. The summed E-state index contributed by atoms with van der Waals surface area (Å²) in [6.45, 7) is 3.16. The number of nitrogens with zero attached hydrogens (tertiary/aromatic N) is 7. The number of hydrogen-bond acceptors (Lipinski definition) is 8. The molecular weight excluding hydrogens is 337 g/mol. The molecule has 134 valence electrons. The molecule has 0 radical (unpaired) electrons. The van der Waals surface area contributed by atoms with Crippen molar-refractivity contribution in [3.8, 4) is 0 Å². The fourth-order valence-electron chi connectivity index (χ4n) is 2.97. The van der Waals surface area contributed by atoms with E-state index in [1.165, 1.54) is 12.4 Å². The zero-order valence-corrected chi connectivity index (χ0v) is 14.4. The monoisotopic (exact) mass is 355 g/mol. The third-order valence-corrected chi connectivity index (χ3v) is 4.34. The van der Waals surface area contributed by atoms with Crippen molar-refractivity contribution >= 4 is 17.6 Å². The van der Waals surface area contributed by atoms with Crippen molar-refractivity contribution in [2.45, 2.75) is 26.1 Å². The van der Waals surface area contributed by atoms with Gasteiger partial charge >= 0.3 is 0 Å². The van der Waals surface area contributed by atoms with Crippen LogP contribution in [-0.2, 0) is 20.1 Å². The largest absolute Gasteiger partial charge is 0.368 e. The molecule has 0 bridgehead atoms. The summed E-state index contributed by atoms with van der Waals surface area (Å²) in [7, 11) is 1.89. The number of nitrogen functional groups attached to an aromatic ring is 1. The van der Waals surface area contributed by atoms with Gasteiger partial charge in [-0.3, -0.25) is 4.90 Å². The number of rotatable bonds is 4. The minimum Gasteiger partial charge on any atom is -0.368 e. The molecule has 9 nitrogen and oxygen atoms in total. The molecule has 3 aromatic heterocycles. The Hall–Kier alpha value is -3.14. The molecule has 0 amide bonds. The van der Waals surface area contributed by atoms with Crippen LogP contribution in [0.15, 0.2) is 24.9 Å². The van der Waals surface area contributed by atoms with Crippen LogP contribution in [0.1, 0.15) is 30.0 Å². The van der Waals surface area contributed by atoms with E-state index in [2.05, 4.69) is 35.1 Å². The van der Waals surface area contributed by atoms with Gasteiger partial charge in [-0.2, -0.15) is 4.98 Å². The maximum Gasteiger partial charge on any atom is 0.222 e. The molecule has 4 rings (SSSR count). The summed E-state index contributed by atoms with van der Waals surface area (Å²) >= 11 is 0. The summed E-state index contributed by atoms with van der Waals surface area (Å²) in [5, 5.41) is 3.20. The minimum absolute atomic E-state index is 0.103.